The van der Waals surface area contributed by atoms with Crippen molar-refractivity contribution in [2.75, 3.05) is 0 Å². The molecule has 0 unspecified atom stereocenters. The van der Waals surface area contributed by atoms with Gasteiger partial charge in [0.2, 0.25) is 0 Å². The van der Waals surface area contributed by atoms with E-state index in [1.54, 1.807) is 6.07 Å². The van der Waals surface area contributed by atoms with E-state index in [1.807, 2.05) is 0 Å². The third-order valence-corrected chi connectivity index (χ3v) is 1.75. The third kappa shape index (κ3) is 2.75. The molecule has 0 aliphatic rings. The SMILES string of the molecule is N#Cc1cc(/C=C/C(=O)C(=O)O)ccc1F. The van der Waals surface area contributed by atoms with Gasteiger partial charge in [0.15, 0.2) is 0 Å². The summed E-state index contributed by atoms with van der Waals surface area (Å²) in [5.41, 5.74) is 0.220. The van der Waals surface area contributed by atoms with Crippen molar-refractivity contribution in [3.63, 3.8) is 0 Å². The van der Waals surface area contributed by atoms with Crippen LogP contribution in [0.4, 0.5) is 4.39 Å². The predicted octanol–water partition coefficient (Wildman–Crippen LogP) is 1.36. The number of carbonyl (C=O) groups is 2. The van der Waals surface area contributed by atoms with E-state index >= 15 is 0 Å². The maximum Gasteiger partial charge on any atom is 0.376 e. The summed E-state index contributed by atoms with van der Waals surface area (Å²) in [7, 11) is 0. The van der Waals surface area contributed by atoms with Gasteiger partial charge in [0.1, 0.15) is 11.9 Å². The molecule has 1 N–H and O–H groups in total. The summed E-state index contributed by atoms with van der Waals surface area (Å²) >= 11 is 0. The molecule has 1 aromatic carbocycles. The molecule has 0 heterocycles. The maximum atomic E-state index is 12.9. The van der Waals surface area contributed by atoms with Crippen molar-refractivity contribution >= 4 is 17.8 Å². The van der Waals surface area contributed by atoms with E-state index in [-0.39, 0.29) is 5.56 Å². The molecule has 0 atom stereocenters. The number of halogens is 1. The molecule has 80 valence electrons. The lowest BCUT2D eigenvalue weighted by atomic mass is 10.1. The van der Waals surface area contributed by atoms with Crippen LogP contribution in [0.1, 0.15) is 11.1 Å². The Hall–Kier alpha value is -2.48. The summed E-state index contributed by atoms with van der Waals surface area (Å²) in [6.07, 6.45) is 2.05. The highest BCUT2D eigenvalue weighted by Crippen LogP contribution is 2.10. The van der Waals surface area contributed by atoms with Crippen LogP contribution in [0.2, 0.25) is 0 Å². The van der Waals surface area contributed by atoms with Gasteiger partial charge in [0.05, 0.1) is 5.56 Å². The lowest BCUT2D eigenvalue weighted by Crippen LogP contribution is -2.08. The molecule has 0 aliphatic heterocycles. The zero-order valence-corrected chi connectivity index (χ0v) is 7.98. The van der Waals surface area contributed by atoms with Crippen molar-refractivity contribution in [1.82, 2.24) is 0 Å². The molecule has 0 fully saturated rings. The largest absolute Gasteiger partial charge is 0.475 e. The molecule has 0 spiro atoms. The molecule has 16 heavy (non-hydrogen) atoms. The first-order valence-electron chi connectivity index (χ1n) is 4.19. The van der Waals surface area contributed by atoms with Gasteiger partial charge in [0, 0.05) is 0 Å². The van der Waals surface area contributed by atoms with Crippen LogP contribution in [0.5, 0.6) is 0 Å². The third-order valence-electron chi connectivity index (χ3n) is 1.75. The van der Waals surface area contributed by atoms with E-state index in [2.05, 4.69) is 0 Å². The van der Waals surface area contributed by atoms with Gasteiger partial charge in [-0.25, -0.2) is 9.18 Å². The molecule has 0 saturated carbocycles. The standard InChI is InChI=1S/C11H6FNO3/c12-9-3-1-7(5-8(9)6-13)2-4-10(14)11(15)16/h1-5H,(H,15,16)/b4-2+. The van der Waals surface area contributed by atoms with Crippen LogP contribution >= 0.6 is 0 Å². The predicted molar refractivity (Wildman–Crippen MR) is 52.8 cm³/mol. The molecular weight excluding hydrogens is 213 g/mol. The number of ketones is 1. The first-order valence-corrected chi connectivity index (χ1v) is 4.19. The van der Waals surface area contributed by atoms with Gasteiger partial charge in [-0.3, -0.25) is 4.79 Å². The fraction of sp³-hybridized carbons (Fsp3) is 0. The second kappa shape index (κ2) is 4.84. The molecular formula is C11H6FNO3. The number of hydrogen-bond acceptors (Lipinski definition) is 3. The fourth-order valence-electron chi connectivity index (χ4n) is 0.975. The molecule has 4 nitrogen and oxygen atoms in total. The second-order valence-corrected chi connectivity index (χ2v) is 2.85. The van der Waals surface area contributed by atoms with Gasteiger partial charge in [-0.2, -0.15) is 5.26 Å². The number of aliphatic carboxylic acids is 1. The van der Waals surface area contributed by atoms with E-state index in [0.29, 0.717) is 5.56 Å². The first-order chi connectivity index (χ1) is 7.54. The molecule has 1 aromatic rings. The summed E-state index contributed by atoms with van der Waals surface area (Å²) in [5, 5.41) is 16.8. The number of nitriles is 1. The van der Waals surface area contributed by atoms with Gasteiger partial charge in [-0.05, 0) is 23.8 Å². The minimum Gasteiger partial charge on any atom is -0.475 e. The molecule has 0 amide bonds. The van der Waals surface area contributed by atoms with Crippen molar-refractivity contribution in [3.8, 4) is 6.07 Å². The second-order valence-electron chi connectivity index (χ2n) is 2.85. The molecule has 0 aromatic heterocycles. The van der Waals surface area contributed by atoms with Gasteiger partial charge in [-0.15, -0.1) is 0 Å². The van der Waals surface area contributed by atoms with Crippen LogP contribution in [-0.4, -0.2) is 16.9 Å². The van der Waals surface area contributed by atoms with Crippen molar-refractivity contribution < 1.29 is 19.1 Å². The van der Waals surface area contributed by atoms with Crippen LogP contribution in [-0.2, 0) is 9.59 Å². The van der Waals surface area contributed by atoms with E-state index in [0.717, 1.165) is 12.1 Å². The average molecular weight is 219 g/mol. The Labute approximate surface area is 90.2 Å². The number of benzene rings is 1. The first kappa shape index (κ1) is 11.6. The summed E-state index contributed by atoms with van der Waals surface area (Å²) in [6.45, 7) is 0. The monoisotopic (exact) mass is 219 g/mol. The Morgan fingerprint density at radius 3 is 2.69 bits per heavy atom. The normalized spacial score (nSPS) is 10.0. The van der Waals surface area contributed by atoms with Gasteiger partial charge < -0.3 is 5.11 Å². The number of carbonyl (C=O) groups excluding carboxylic acids is 1. The lowest BCUT2D eigenvalue weighted by molar-refractivity contribution is -0.146. The Kier molecular flexibility index (Phi) is 3.51. The Bertz CT molecular complexity index is 514. The minimum absolute atomic E-state index is 0.162. The number of hydrogen-bond donors (Lipinski definition) is 1. The smallest absolute Gasteiger partial charge is 0.376 e. The fourth-order valence-corrected chi connectivity index (χ4v) is 0.975. The highest BCUT2D eigenvalue weighted by atomic mass is 19.1. The highest BCUT2D eigenvalue weighted by molar-refractivity contribution is 6.38. The van der Waals surface area contributed by atoms with Gasteiger partial charge in [0.25, 0.3) is 5.78 Å². The lowest BCUT2D eigenvalue weighted by Gasteiger charge is -1.95. The summed E-state index contributed by atoms with van der Waals surface area (Å²) in [4.78, 5) is 20.9. The van der Waals surface area contributed by atoms with Crippen molar-refractivity contribution in [1.29, 1.82) is 5.26 Å². The van der Waals surface area contributed by atoms with Crippen molar-refractivity contribution in [2.45, 2.75) is 0 Å². The van der Waals surface area contributed by atoms with E-state index in [1.165, 1.54) is 18.2 Å². The minimum atomic E-state index is -1.57. The number of nitrogens with zero attached hydrogens (tertiary/aromatic N) is 1. The van der Waals surface area contributed by atoms with Crippen LogP contribution in [0.3, 0.4) is 0 Å². The topological polar surface area (TPSA) is 78.2 Å². The van der Waals surface area contributed by atoms with E-state index in [9.17, 15) is 14.0 Å². The molecule has 0 bridgehead atoms. The highest BCUT2D eigenvalue weighted by Gasteiger charge is 2.06. The zero-order valence-electron chi connectivity index (χ0n) is 7.98. The number of carboxylic acid groups (broad SMARTS) is 1. The van der Waals surface area contributed by atoms with Crippen molar-refractivity contribution in [2.24, 2.45) is 0 Å². The number of rotatable bonds is 3. The Morgan fingerprint density at radius 2 is 2.12 bits per heavy atom. The molecule has 0 radical (unpaired) electrons. The maximum absolute atomic E-state index is 12.9. The summed E-state index contributed by atoms with van der Waals surface area (Å²) in [5.74, 6) is -3.31. The Balaban J connectivity index is 2.96. The zero-order chi connectivity index (χ0) is 12.1. The molecule has 0 saturated heterocycles. The quantitative estimate of drug-likeness (QED) is 0.615. The molecule has 5 heteroatoms. The number of carboxylic acids is 1. The van der Waals surface area contributed by atoms with Crippen LogP contribution in [0.25, 0.3) is 6.08 Å². The van der Waals surface area contributed by atoms with Crippen LogP contribution in [0.15, 0.2) is 24.3 Å². The van der Waals surface area contributed by atoms with E-state index in [4.69, 9.17) is 10.4 Å². The van der Waals surface area contributed by atoms with Crippen molar-refractivity contribution in [3.05, 3.63) is 41.2 Å². The average Bonchev–Trinajstić information content (AvgIpc) is 2.27. The summed E-state index contributed by atoms with van der Waals surface area (Å²) < 4.78 is 12.9. The van der Waals surface area contributed by atoms with Gasteiger partial charge >= 0.3 is 5.97 Å². The molecule has 1 rings (SSSR count). The van der Waals surface area contributed by atoms with Crippen LogP contribution < -0.4 is 0 Å². The Morgan fingerprint density at radius 1 is 1.44 bits per heavy atom. The summed E-state index contributed by atoms with van der Waals surface area (Å²) in [6, 6.07) is 5.27. The molecule has 0 aliphatic carbocycles. The van der Waals surface area contributed by atoms with Gasteiger partial charge in [-0.1, -0.05) is 12.1 Å². The van der Waals surface area contributed by atoms with Crippen LogP contribution in [0, 0.1) is 17.1 Å². The van der Waals surface area contributed by atoms with E-state index < -0.39 is 17.6 Å².